The predicted molar refractivity (Wildman–Crippen MR) is 83.5 cm³/mol. The van der Waals surface area contributed by atoms with Gasteiger partial charge < -0.3 is 9.47 Å². The summed E-state index contributed by atoms with van der Waals surface area (Å²) in [6, 6.07) is 3.46. The molecule has 23 heavy (non-hydrogen) atoms. The van der Waals surface area contributed by atoms with E-state index in [0.717, 1.165) is 0 Å². The molecular weight excluding hydrogens is 322 g/mol. The Morgan fingerprint density at radius 3 is 2.70 bits per heavy atom. The molecule has 8 nitrogen and oxygen atoms in total. The van der Waals surface area contributed by atoms with Crippen molar-refractivity contribution in [1.29, 1.82) is 0 Å². The molecule has 3 aromatic rings. The lowest BCUT2D eigenvalue weighted by molar-refractivity contribution is 0.313. The second-order valence-electron chi connectivity index (χ2n) is 4.40. The summed E-state index contributed by atoms with van der Waals surface area (Å²) in [6.45, 7) is 2.22. The summed E-state index contributed by atoms with van der Waals surface area (Å²) in [5, 5.41) is -0.180. The Labute approximate surface area is 135 Å². The monoisotopic (exact) mass is 333 g/mol. The van der Waals surface area contributed by atoms with Crippen LogP contribution in [0.3, 0.4) is 0 Å². The number of fused-ring (bicyclic) bond motifs is 1. The normalized spacial score (nSPS) is 10.7. The molecule has 118 valence electrons. The zero-order chi connectivity index (χ0) is 16.4. The third kappa shape index (κ3) is 2.80. The number of pyridine rings is 1. The van der Waals surface area contributed by atoms with E-state index in [2.05, 4.69) is 19.9 Å². The van der Waals surface area contributed by atoms with E-state index in [1.54, 1.807) is 12.1 Å². The van der Waals surface area contributed by atoms with Crippen LogP contribution in [0.1, 0.15) is 6.92 Å². The van der Waals surface area contributed by atoms with Gasteiger partial charge in [-0.1, -0.05) is 11.6 Å². The summed E-state index contributed by atoms with van der Waals surface area (Å²) in [6.07, 6.45) is 2.94. The number of rotatable bonds is 4. The zero-order valence-corrected chi connectivity index (χ0v) is 13.1. The first-order valence-electron chi connectivity index (χ1n) is 6.72. The second-order valence-corrected chi connectivity index (χ2v) is 4.75. The average Bonchev–Trinajstić information content (AvgIpc) is 2.57. The highest BCUT2D eigenvalue weighted by Gasteiger charge is 2.14. The molecule has 0 atom stereocenters. The molecule has 3 aromatic heterocycles. The summed E-state index contributed by atoms with van der Waals surface area (Å²) in [5.41, 5.74) is 0.622. The van der Waals surface area contributed by atoms with Gasteiger partial charge in [-0.15, -0.1) is 0 Å². The maximum Gasteiger partial charge on any atom is 0.318 e. The van der Waals surface area contributed by atoms with E-state index in [4.69, 9.17) is 21.1 Å². The summed E-state index contributed by atoms with van der Waals surface area (Å²) in [4.78, 5) is 28.8. The van der Waals surface area contributed by atoms with E-state index in [9.17, 15) is 4.79 Å². The summed E-state index contributed by atoms with van der Waals surface area (Å²) in [5.74, 6) is 0.427. The number of aromatic nitrogens is 5. The minimum Gasteiger partial charge on any atom is -0.481 e. The number of halogens is 1. The van der Waals surface area contributed by atoms with Gasteiger partial charge in [-0.3, -0.25) is 9.36 Å². The van der Waals surface area contributed by atoms with E-state index in [0.29, 0.717) is 23.7 Å². The third-order valence-corrected chi connectivity index (χ3v) is 3.25. The molecule has 0 aromatic carbocycles. The van der Waals surface area contributed by atoms with Crippen LogP contribution in [0.5, 0.6) is 11.9 Å². The SMILES string of the molecule is CCOc1ncc2nc(Cl)c(=O)n(-c3ccc(OC)nc3)c2n1. The molecular formula is C14H12ClN5O3. The van der Waals surface area contributed by atoms with Crippen molar-refractivity contribution >= 4 is 22.8 Å². The smallest absolute Gasteiger partial charge is 0.318 e. The number of hydrogen-bond donors (Lipinski definition) is 0. The molecule has 0 N–H and O–H groups in total. The van der Waals surface area contributed by atoms with Crippen LogP contribution in [0.4, 0.5) is 0 Å². The van der Waals surface area contributed by atoms with E-state index < -0.39 is 5.56 Å². The van der Waals surface area contributed by atoms with Gasteiger partial charge in [0, 0.05) is 6.07 Å². The summed E-state index contributed by atoms with van der Waals surface area (Å²) in [7, 11) is 1.51. The number of ether oxygens (including phenoxy) is 2. The topological polar surface area (TPSA) is 92.0 Å². The van der Waals surface area contributed by atoms with Gasteiger partial charge in [-0.25, -0.2) is 15.0 Å². The van der Waals surface area contributed by atoms with Crippen molar-refractivity contribution in [3.8, 4) is 17.6 Å². The zero-order valence-electron chi connectivity index (χ0n) is 12.4. The highest BCUT2D eigenvalue weighted by atomic mass is 35.5. The molecule has 0 bridgehead atoms. The van der Waals surface area contributed by atoms with Gasteiger partial charge in [0.2, 0.25) is 5.88 Å². The van der Waals surface area contributed by atoms with Crippen molar-refractivity contribution < 1.29 is 9.47 Å². The Morgan fingerprint density at radius 1 is 1.22 bits per heavy atom. The van der Waals surface area contributed by atoms with Crippen LogP contribution in [0.2, 0.25) is 5.15 Å². The van der Waals surface area contributed by atoms with Crippen LogP contribution in [0.15, 0.2) is 29.3 Å². The molecule has 0 saturated carbocycles. The van der Waals surface area contributed by atoms with E-state index in [-0.39, 0.29) is 16.8 Å². The van der Waals surface area contributed by atoms with Gasteiger partial charge in [-0.2, -0.15) is 4.98 Å². The molecule has 0 aliphatic heterocycles. The van der Waals surface area contributed by atoms with Crippen molar-refractivity contribution in [2.45, 2.75) is 6.92 Å². The minimum atomic E-state index is -0.507. The number of hydrogen-bond acceptors (Lipinski definition) is 7. The average molecular weight is 334 g/mol. The molecule has 3 heterocycles. The molecule has 0 fully saturated rings. The van der Waals surface area contributed by atoms with E-state index >= 15 is 0 Å². The van der Waals surface area contributed by atoms with Gasteiger partial charge in [-0.05, 0) is 13.0 Å². The van der Waals surface area contributed by atoms with Crippen LogP contribution in [0.25, 0.3) is 16.9 Å². The maximum atomic E-state index is 12.4. The standard InChI is InChI=1S/C14H12ClN5O3/c1-3-23-14-17-7-9-12(19-14)20(13(21)11(15)18-9)8-4-5-10(22-2)16-6-8/h4-7H,3H2,1-2H3. The Kier molecular flexibility index (Phi) is 4.07. The van der Waals surface area contributed by atoms with Crippen LogP contribution < -0.4 is 15.0 Å². The largest absolute Gasteiger partial charge is 0.481 e. The Morgan fingerprint density at radius 2 is 2.04 bits per heavy atom. The second kappa shape index (κ2) is 6.17. The van der Waals surface area contributed by atoms with E-state index in [1.807, 2.05) is 6.92 Å². The fraction of sp³-hybridized carbons (Fsp3) is 0.214. The van der Waals surface area contributed by atoms with Gasteiger partial charge >= 0.3 is 6.01 Å². The Bertz CT molecular complexity index is 911. The fourth-order valence-corrected chi connectivity index (χ4v) is 2.18. The van der Waals surface area contributed by atoms with Crippen LogP contribution in [-0.4, -0.2) is 38.2 Å². The van der Waals surface area contributed by atoms with Gasteiger partial charge in [0.1, 0.15) is 5.52 Å². The summed E-state index contributed by atoms with van der Waals surface area (Å²) < 4.78 is 11.6. The molecule has 0 spiro atoms. The molecule has 0 aliphatic carbocycles. The van der Waals surface area contributed by atoms with Gasteiger partial charge in [0.25, 0.3) is 5.56 Å². The quantitative estimate of drug-likeness (QED) is 0.716. The van der Waals surface area contributed by atoms with Crippen LogP contribution in [0, 0.1) is 0 Å². The lowest BCUT2D eigenvalue weighted by Gasteiger charge is -2.10. The van der Waals surface area contributed by atoms with E-state index in [1.165, 1.54) is 24.1 Å². The fourth-order valence-electron chi connectivity index (χ4n) is 2.00. The first kappa shape index (κ1) is 15.2. The van der Waals surface area contributed by atoms with Gasteiger partial charge in [0.05, 0.1) is 31.8 Å². The molecule has 0 aliphatic rings. The number of methoxy groups -OCH3 is 1. The maximum absolute atomic E-state index is 12.4. The lowest BCUT2D eigenvalue weighted by Crippen LogP contribution is -2.22. The lowest BCUT2D eigenvalue weighted by atomic mass is 10.4. The van der Waals surface area contributed by atoms with Crippen molar-refractivity contribution in [3.63, 3.8) is 0 Å². The number of nitrogens with zero attached hydrogens (tertiary/aromatic N) is 5. The summed E-state index contributed by atoms with van der Waals surface area (Å²) >= 11 is 5.93. The van der Waals surface area contributed by atoms with Crippen molar-refractivity contribution in [3.05, 3.63) is 40.0 Å². The molecule has 9 heteroatoms. The van der Waals surface area contributed by atoms with Crippen molar-refractivity contribution in [2.24, 2.45) is 0 Å². The first-order chi connectivity index (χ1) is 11.1. The molecule has 0 unspecified atom stereocenters. The molecule has 0 saturated heterocycles. The predicted octanol–water partition coefficient (Wildman–Crippen LogP) is 1.63. The van der Waals surface area contributed by atoms with Crippen molar-refractivity contribution in [1.82, 2.24) is 24.5 Å². The Balaban J connectivity index is 2.28. The van der Waals surface area contributed by atoms with Crippen molar-refractivity contribution in [2.75, 3.05) is 13.7 Å². The highest BCUT2D eigenvalue weighted by Crippen LogP contribution is 2.17. The Hall–Kier alpha value is -2.74. The molecule has 3 rings (SSSR count). The van der Waals surface area contributed by atoms with Crippen LogP contribution in [-0.2, 0) is 0 Å². The minimum absolute atomic E-state index is 0.152. The highest BCUT2D eigenvalue weighted by molar-refractivity contribution is 6.29. The van der Waals surface area contributed by atoms with Gasteiger partial charge in [0.15, 0.2) is 10.8 Å². The third-order valence-electron chi connectivity index (χ3n) is 3.00. The molecule has 0 amide bonds. The first-order valence-corrected chi connectivity index (χ1v) is 7.10. The van der Waals surface area contributed by atoms with Crippen LogP contribution >= 0.6 is 11.6 Å². The molecule has 0 radical (unpaired) electrons.